The van der Waals surface area contributed by atoms with Crippen molar-refractivity contribution < 1.29 is 14.9 Å². The maximum atomic E-state index is 9.31. The van der Waals surface area contributed by atoms with E-state index in [1.807, 2.05) is 24.3 Å². The number of aliphatic hydroxyl groups is 2. The van der Waals surface area contributed by atoms with Crippen LogP contribution in [0, 0.1) is 0 Å². The Morgan fingerprint density at radius 3 is 2.15 bits per heavy atom. The summed E-state index contributed by atoms with van der Waals surface area (Å²) in [5.41, 5.74) is 2.33. The van der Waals surface area contributed by atoms with E-state index in [1.165, 1.54) is 0 Å². The molecule has 5 heteroatoms. The summed E-state index contributed by atoms with van der Waals surface area (Å²) < 4.78 is 5.66. The van der Waals surface area contributed by atoms with E-state index < -0.39 is 0 Å². The van der Waals surface area contributed by atoms with Crippen molar-refractivity contribution in [1.82, 2.24) is 0 Å². The Morgan fingerprint density at radius 2 is 1.55 bits per heavy atom. The van der Waals surface area contributed by atoms with Crippen molar-refractivity contribution >= 4 is 23.2 Å². The molecular weight excluding hydrogens is 299 g/mol. The second kappa shape index (κ2) is 6.95. The van der Waals surface area contributed by atoms with Gasteiger partial charge in [0.1, 0.15) is 12.4 Å². The summed E-state index contributed by atoms with van der Waals surface area (Å²) in [6, 6.07) is 10.6. The third kappa shape index (κ3) is 3.64. The molecule has 2 aromatic rings. The average Bonchev–Trinajstić information content (AvgIpc) is 2.46. The highest BCUT2D eigenvalue weighted by Crippen LogP contribution is 2.33. The predicted octanol–water partition coefficient (Wildman–Crippen LogP) is 3.56. The van der Waals surface area contributed by atoms with Crippen molar-refractivity contribution in [3.63, 3.8) is 0 Å². The average molecular weight is 313 g/mol. The van der Waals surface area contributed by atoms with Crippen molar-refractivity contribution in [3.05, 3.63) is 63.1 Å². The molecule has 0 radical (unpaired) electrons. The molecular formula is C15H14Cl2O3. The summed E-state index contributed by atoms with van der Waals surface area (Å²) in [7, 11) is 0. The fourth-order valence-corrected chi connectivity index (χ4v) is 2.38. The zero-order valence-corrected chi connectivity index (χ0v) is 12.2. The van der Waals surface area contributed by atoms with Crippen LogP contribution in [0.15, 0.2) is 36.4 Å². The molecule has 0 spiro atoms. The summed E-state index contributed by atoms with van der Waals surface area (Å²) in [6.07, 6.45) is 0. The van der Waals surface area contributed by atoms with Crippen LogP contribution in [0.4, 0.5) is 0 Å². The normalized spacial score (nSPS) is 10.6. The van der Waals surface area contributed by atoms with Crippen LogP contribution in [0.2, 0.25) is 10.0 Å². The van der Waals surface area contributed by atoms with Gasteiger partial charge in [0, 0.05) is 10.6 Å². The molecule has 2 N–H and O–H groups in total. The van der Waals surface area contributed by atoms with Crippen LogP contribution in [0.25, 0.3) is 0 Å². The Balaban J connectivity index is 2.13. The molecule has 2 aromatic carbocycles. The van der Waals surface area contributed by atoms with E-state index in [1.54, 1.807) is 12.1 Å². The second-order valence-corrected chi connectivity index (χ2v) is 5.14. The Morgan fingerprint density at radius 1 is 0.900 bits per heavy atom. The summed E-state index contributed by atoms with van der Waals surface area (Å²) in [4.78, 5) is 0. The van der Waals surface area contributed by atoms with Gasteiger partial charge in [-0.2, -0.15) is 0 Å². The molecule has 0 aliphatic carbocycles. The van der Waals surface area contributed by atoms with Crippen LogP contribution in [-0.4, -0.2) is 10.2 Å². The SMILES string of the molecule is OCc1ccc(COc2c(Cl)cc(Cl)cc2CO)cc1. The standard InChI is InChI=1S/C15H14Cl2O3/c16-13-5-12(8-19)15(14(17)6-13)20-9-11-3-1-10(7-18)2-4-11/h1-6,18-19H,7-9H2. The first-order chi connectivity index (χ1) is 9.63. The molecule has 3 nitrogen and oxygen atoms in total. The fraction of sp³-hybridized carbons (Fsp3) is 0.200. The highest BCUT2D eigenvalue weighted by molar-refractivity contribution is 6.35. The van der Waals surface area contributed by atoms with Gasteiger partial charge in [-0.1, -0.05) is 47.5 Å². The number of hydrogen-bond donors (Lipinski definition) is 2. The molecule has 0 aromatic heterocycles. The lowest BCUT2D eigenvalue weighted by molar-refractivity contribution is 0.259. The molecule has 0 aliphatic heterocycles. The monoisotopic (exact) mass is 312 g/mol. The summed E-state index contributed by atoms with van der Waals surface area (Å²) in [5, 5.41) is 19.1. The Bertz CT molecular complexity index is 582. The van der Waals surface area contributed by atoms with Gasteiger partial charge in [-0.3, -0.25) is 0 Å². The van der Waals surface area contributed by atoms with Gasteiger partial charge in [0.05, 0.1) is 18.2 Å². The first-order valence-corrected chi connectivity index (χ1v) is 6.80. The third-order valence-corrected chi connectivity index (χ3v) is 3.34. The summed E-state index contributed by atoms with van der Waals surface area (Å²) in [6.45, 7) is 0.137. The number of aliphatic hydroxyl groups excluding tert-OH is 2. The lowest BCUT2D eigenvalue weighted by atomic mass is 10.1. The van der Waals surface area contributed by atoms with Gasteiger partial charge in [0.25, 0.3) is 0 Å². The van der Waals surface area contributed by atoms with E-state index in [9.17, 15) is 5.11 Å². The van der Waals surface area contributed by atoms with Crippen molar-refractivity contribution in [2.75, 3.05) is 0 Å². The van der Waals surface area contributed by atoms with Crippen molar-refractivity contribution in [1.29, 1.82) is 0 Å². The minimum atomic E-state index is -0.195. The summed E-state index contributed by atoms with van der Waals surface area (Å²) >= 11 is 12.0. The zero-order chi connectivity index (χ0) is 14.5. The molecule has 0 bridgehead atoms. The van der Waals surface area contributed by atoms with E-state index in [-0.39, 0.29) is 13.2 Å². The minimum Gasteiger partial charge on any atom is -0.487 e. The molecule has 2 rings (SSSR count). The molecule has 0 unspecified atom stereocenters. The van der Waals surface area contributed by atoms with E-state index in [4.69, 9.17) is 33.0 Å². The number of benzene rings is 2. The maximum absolute atomic E-state index is 9.31. The van der Waals surface area contributed by atoms with Gasteiger partial charge in [0.15, 0.2) is 0 Å². The van der Waals surface area contributed by atoms with Crippen molar-refractivity contribution in [2.45, 2.75) is 19.8 Å². The fourth-order valence-electron chi connectivity index (χ4n) is 1.79. The van der Waals surface area contributed by atoms with Crippen LogP contribution < -0.4 is 4.74 Å². The number of halogens is 2. The Hall–Kier alpha value is -1.26. The first kappa shape index (κ1) is 15.1. The van der Waals surface area contributed by atoms with Crippen molar-refractivity contribution in [3.8, 4) is 5.75 Å². The van der Waals surface area contributed by atoms with E-state index >= 15 is 0 Å². The Kier molecular flexibility index (Phi) is 5.26. The first-order valence-electron chi connectivity index (χ1n) is 6.04. The Labute approximate surface area is 127 Å². The molecule has 0 fully saturated rings. The number of rotatable bonds is 5. The van der Waals surface area contributed by atoms with Gasteiger partial charge >= 0.3 is 0 Å². The van der Waals surface area contributed by atoms with Gasteiger partial charge in [-0.25, -0.2) is 0 Å². The van der Waals surface area contributed by atoms with Crippen molar-refractivity contribution in [2.24, 2.45) is 0 Å². The van der Waals surface area contributed by atoms with Crippen LogP contribution in [0.3, 0.4) is 0 Å². The van der Waals surface area contributed by atoms with Gasteiger partial charge < -0.3 is 14.9 Å². The largest absolute Gasteiger partial charge is 0.487 e. The highest BCUT2D eigenvalue weighted by Gasteiger charge is 2.10. The quantitative estimate of drug-likeness (QED) is 0.887. The molecule has 20 heavy (non-hydrogen) atoms. The molecule has 0 atom stereocenters. The third-order valence-electron chi connectivity index (χ3n) is 2.84. The lowest BCUT2D eigenvalue weighted by Crippen LogP contribution is -2.00. The smallest absolute Gasteiger partial charge is 0.144 e. The van der Waals surface area contributed by atoms with Crippen LogP contribution in [-0.2, 0) is 19.8 Å². The molecule has 0 aliphatic rings. The van der Waals surface area contributed by atoms with Gasteiger partial charge in [-0.05, 0) is 23.3 Å². The van der Waals surface area contributed by atoms with Crippen LogP contribution >= 0.6 is 23.2 Å². The van der Waals surface area contributed by atoms with Gasteiger partial charge in [-0.15, -0.1) is 0 Å². The molecule has 0 heterocycles. The molecule has 0 saturated carbocycles. The summed E-state index contributed by atoms with van der Waals surface area (Å²) in [5.74, 6) is 0.435. The number of ether oxygens (including phenoxy) is 1. The minimum absolute atomic E-state index is 0.0127. The van der Waals surface area contributed by atoms with Gasteiger partial charge in [0.2, 0.25) is 0 Å². The molecule has 0 amide bonds. The van der Waals surface area contributed by atoms with Crippen LogP contribution in [0.5, 0.6) is 5.75 Å². The molecule has 0 saturated heterocycles. The van der Waals surface area contributed by atoms with E-state index in [2.05, 4.69) is 0 Å². The maximum Gasteiger partial charge on any atom is 0.144 e. The van der Waals surface area contributed by atoms with Crippen LogP contribution in [0.1, 0.15) is 16.7 Å². The number of hydrogen-bond acceptors (Lipinski definition) is 3. The molecule has 106 valence electrons. The second-order valence-electron chi connectivity index (χ2n) is 4.30. The van der Waals surface area contributed by atoms with E-state index in [0.29, 0.717) is 28.0 Å². The van der Waals surface area contributed by atoms with E-state index in [0.717, 1.165) is 11.1 Å². The highest BCUT2D eigenvalue weighted by atomic mass is 35.5. The zero-order valence-electron chi connectivity index (χ0n) is 10.6. The topological polar surface area (TPSA) is 49.7 Å². The lowest BCUT2D eigenvalue weighted by Gasteiger charge is -2.12. The predicted molar refractivity (Wildman–Crippen MR) is 79.1 cm³/mol.